The molecule has 0 bridgehead atoms. The molecule has 1 unspecified atom stereocenters. The molecule has 0 amide bonds. The molecule has 1 atom stereocenters. The van der Waals surface area contributed by atoms with E-state index < -0.39 is 0 Å². The monoisotopic (exact) mass is 306 g/mol. The number of aryl methyl sites for hydroxylation is 1. The number of rotatable bonds is 1. The highest BCUT2D eigenvalue weighted by molar-refractivity contribution is 9.10. The van der Waals surface area contributed by atoms with Gasteiger partial charge < -0.3 is 9.72 Å². The average Bonchev–Trinajstić information content (AvgIpc) is 2.79. The zero-order valence-corrected chi connectivity index (χ0v) is 11.3. The number of fused-ring (bicyclic) bond motifs is 1. The van der Waals surface area contributed by atoms with Gasteiger partial charge in [0.2, 0.25) is 0 Å². The molecule has 0 fully saturated rings. The largest absolute Gasteiger partial charge is 0.482 e. The van der Waals surface area contributed by atoms with Crippen molar-refractivity contribution >= 4 is 15.9 Å². The molecule has 1 N–H and O–H groups in total. The van der Waals surface area contributed by atoms with E-state index in [1.54, 1.807) is 6.92 Å². The van der Waals surface area contributed by atoms with Gasteiger partial charge in [0.05, 0.1) is 5.69 Å². The van der Waals surface area contributed by atoms with Gasteiger partial charge in [-0.05, 0) is 34.5 Å². The fourth-order valence-corrected chi connectivity index (χ4v) is 2.27. The second-order valence-corrected chi connectivity index (χ2v) is 5.06. The van der Waals surface area contributed by atoms with E-state index >= 15 is 0 Å². The highest BCUT2D eigenvalue weighted by Crippen LogP contribution is 2.34. The van der Waals surface area contributed by atoms with Crippen molar-refractivity contribution in [3.05, 3.63) is 56.2 Å². The third-order valence-corrected chi connectivity index (χ3v) is 3.93. The molecule has 1 aliphatic heterocycles. The number of nitrogens with zero attached hydrogens (tertiary/aromatic N) is 1. The fraction of sp³-hybridized carbons (Fsp3) is 0.231. The van der Waals surface area contributed by atoms with Gasteiger partial charge in [-0.2, -0.15) is 0 Å². The normalized spacial score (nSPS) is 17.3. The third kappa shape index (κ3) is 1.84. The van der Waals surface area contributed by atoms with E-state index in [0.29, 0.717) is 16.0 Å². The molecular formula is C13H11BrN2O2. The van der Waals surface area contributed by atoms with Crippen molar-refractivity contribution in [1.82, 2.24) is 9.97 Å². The number of hydrogen-bond acceptors (Lipinski definition) is 3. The molecule has 4 nitrogen and oxygen atoms in total. The number of H-pyrrole nitrogens is 1. The summed E-state index contributed by atoms with van der Waals surface area (Å²) >= 11 is 3.20. The fourth-order valence-electron chi connectivity index (χ4n) is 2.08. The van der Waals surface area contributed by atoms with Gasteiger partial charge >= 0.3 is 0 Å². The number of halogens is 1. The zero-order chi connectivity index (χ0) is 12.7. The predicted octanol–water partition coefficient (Wildman–Crippen LogP) is 2.52. The first-order valence-corrected chi connectivity index (χ1v) is 6.45. The van der Waals surface area contributed by atoms with E-state index in [1.807, 2.05) is 24.3 Å². The van der Waals surface area contributed by atoms with Crippen LogP contribution in [0.5, 0.6) is 5.75 Å². The number of hydrogen-bond donors (Lipinski definition) is 1. The molecule has 92 valence electrons. The minimum atomic E-state index is -0.207. The molecule has 2 heterocycles. The van der Waals surface area contributed by atoms with E-state index in [2.05, 4.69) is 25.9 Å². The molecule has 5 heteroatoms. The lowest BCUT2D eigenvalue weighted by Gasteiger charge is -2.10. The summed E-state index contributed by atoms with van der Waals surface area (Å²) in [6, 6.07) is 7.87. The molecular weight excluding hydrogens is 296 g/mol. The Morgan fingerprint density at radius 2 is 2.22 bits per heavy atom. The van der Waals surface area contributed by atoms with Crippen LogP contribution in [0.2, 0.25) is 0 Å². The van der Waals surface area contributed by atoms with Crippen LogP contribution in [0.3, 0.4) is 0 Å². The molecule has 0 radical (unpaired) electrons. The highest BCUT2D eigenvalue weighted by atomic mass is 79.9. The molecule has 0 saturated heterocycles. The first-order valence-electron chi connectivity index (χ1n) is 5.66. The Morgan fingerprint density at radius 1 is 1.44 bits per heavy atom. The second kappa shape index (κ2) is 4.24. The van der Waals surface area contributed by atoms with Crippen LogP contribution in [0, 0.1) is 6.92 Å². The minimum Gasteiger partial charge on any atom is -0.482 e. The van der Waals surface area contributed by atoms with E-state index in [4.69, 9.17) is 4.74 Å². The Hall–Kier alpha value is -1.62. The first-order chi connectivity index (χ1) is 8.65. The van der Waals surface area contributed by atoms with Crippen LogP contribution in [0.15, 0.2) is 33.5 Å². The van der Waals surface area contributed by atoms with Crippen molar-refractivity contribution in [2.24, 2.45) is 0 Å². The molecule has 2 aromatic rings. The lowest BCUT2D eigenvalue weighted by Crippen LogP contribution is -2.18. The maximum absolute atomic E-state index is 11.7. The molecule has 1 aromatic heterocycles. The maximum Gasteiger partial charge on any atom is 0.265 e. The van der Waals surface area contributed by atoms with Crippen LogP contribution < -0.4 is 10.3 Å². The number of nitrogens with one attached hydrogen (secondary N) is 1. The van der Waals surface area contributed by atoms with Crippen LogP contribution in [0.4, 0.5) is 0 Å². The highest BCUT2D eigenvalue weighted by Gasteiger charge is 2.26. The molecule has 0 saturated carbocycles. The van der Waals surface area contributed by atoms with Crippen LogP contribution >= 0.6 is 15.9 Å². The topological polar surface area (TPSA) is 55.0 Å². The molecule has 0 aliphatic carbocycles. The van der Waals surface area contributed by atoms with Crippen molar-refractivity contribution in [2.75, 3.05) is 0 Å². The molecule has 1 aliphatic rings. The van der Waals surface area contributed by atoms with Crippen molar-refractivity contribution < 1.29 is 4.74 Å². The van der Waals surface area contributed by atoms with Crippen LogP contribution in [0.25, 0.3) is 0 Å². The van der Waals surface area contributed by atoms with Gasteiger partial charge in [0.1, 0.15) is 10.2 Å². The van der Waals surface area contributed by atoms with E-state index in [1.165, 1.54) is 0 Å². The minimum absolute atomic E-state index is 0.169. The van der Waals surface area contributed by atoms with Crippen molar-refractivity contribution in [2.45, 2.75) is 19.4 Å². The summed E-state index contributed by atoms with van der Waals surface area (Å²) in [4.78, 5) is 18.8. The number of para-hydroxylation sites is 1. The van der Waals surface area contributed by atoms with Gasteiger partial charge in [-0.25, -0.2) is 4.98 Å². The maximum atomic E-state index is 11.7. The van der Waals surface area contributed by atoms with E-state index in [-0.39, 0.29) is 11.7 Å². The summed E-state index contributed by atoms with van der Waals surface area (Å²) < 4.78 is 6.27. The van der Waals surface area contributed by atoms with Crippen molar-refractivity contribution in [1.29, 1.82) is 0 Å². The van der Waals surface area contributed by atoms with Crippen LogP contribution in [0.1, 0.15) is 23.2 Å². The molecule has 1 aromatic carbocycles. The van der Waals surface area contributed by atoms with Gasteiger partial charge in [0, 0.05) is 6.42 Å². The summed E-state index contributed by atoms with van der Waals surface area (Å²) in [7, 11) is 0. The average molecular weight is 307 g/mol. The summed E-state index contributed by atoms with van der Waals surface area (Å²) in [5, 5.41) is 0. The Balaban J connectivity index is 1.98. The second-order valence-electron chi connectivity index (χ2n) is 4.27. The van der Waals surface area contributed by atoms with Gasteiger partial charge in [-0.15, -0.1) is 0 Å². The van der Waals surface area contributed by atoms with Crippen molar-refractivity contribution in [3.8, 4) is 5.75 Å². The first kappa shape index (κ1) is 11.5. The Labute approximate surface area is 112 Å². The Kier molecular flexibility index (Phi) is 2.70. The third-order valence-electron chi connectivity index (χ3n) is 3.00. The zero-order valence-electron chi connectivity index (χ0n) is 9.74. The Morgan fingerprint density at radius 3 is 2.94 bits per heavy atom. The smallest absolute Gasteiger partial charge is 0.265 e. The van der Waals surface area contributed by atoms with Crippen molar-refractivity contribution in [3.63, 3.8) is 0 Å². The van der Waals surface area contributed by atoms with E-state index in [9.17, 15) is 4.79 Å². The number of benzene rings is 1. The Bertz CT molecular complexity index is 641. The molecule has 18 heavy (non-hydrogen) atoms. The van der Waals surface area contributed by atoms with Crippen LogP contribution in [-0.4, -0.2) is 9.97 Å². The number of aromatic nitrogens is 2. The number of ether oxygens (including phenoxy) is 1. The van der Waals surface area contributed by atoms with Gasteiger partial charge in [0.25, 0.3) is 5.56 Å². The predicted molar refractivity (Wildman–Crippen MR) is 70.8 cm³/mol. The lowest BCUT2D eigenvalue weighted by atomic mass is 10.1. The summed E-state index contributed by atoms with van der Waals surface area (Å²) in [6.45, 7) is 1.80. The summed E-state index contributed by atoms with van der Waals surface area (Å²) in [5.41, 5.74) is 1.65. The van der Waals surface area contributed by atoms with Gasteiger partial charge in [-0.1, -0.05) is 18.2 Å². The lowest BCUT2D eigenvalue weighted by molar-refractivity contribution is 0.226. The van der Waals surface area contributed by atoms with Crippen LogP contribution in [-0.2, 0) is 6.42 Å². The standard InChI is InChI=1S/C13H11BrN2O2/c1-7-11(14)13(17)16-12(15-7)10-6-8-4-2-3-5-9(8)18-10/h2-5,10H,6H2,1H3,(H,15,16,17). The SMILES string of the molecule is Cc1nc(C2Cc3ccccc3O2)[nH]c(=O)c1Br. The molecule has 3 rings (SSSR count). The quantitative estimate of drug-likeness (QED) is 0.881. The summed E-state index contributed by atoms with van der Waals surface area (Å²) in [6.07, 6.45) is 0.530. The van der Waals surface area contributed by atoms with E-state index in [0.717, 1.165) is 17.7 Å². The van der Waals surface area contributed by atoms with Gasteiger partial charge in [0.15, 0.2) is 11.9 Å². The number of aromatic amines is 1. The van der Waals surface area contributed by atoms with Gasteiger partial charge in [-0.3, -0.25) is 4.79 Å². The summed E-state index contributed by atoms with van der Waals surface area (Å²) in [5.74, 6) is 1.45. The molecule has 0 spiro atoms.